The normalized spacial score (nSPS) is 26.2. The van der Waals surface area contributed by atoms with Crippen LogP contribution in [0.3, 0.4) is 0 Å². The van der Waals surface area contributed by atoms with E-state index in [0.717, 1.165) is 18.0 Å². The van der Waals surface area contributed by atoms with Gasteiger partial charge in [-0.25, -0.2) is 8.42 Å². The van der Waals surface area contributed by atoms with Crippen molar-refractivity contribution in [3.05, 3.63) is 29.3 Å². The summed E-state index contributed by atoms with van der Waals surface area (Å²) in [5.74, 6) is 1.27. The summed E-state index contributed by atoms with van der Waals surface area (Å²) < 4.78 is 27.2. The van der Waals surface area contributed by atoms with Gasteiger partial charge in [-0.3, -0.25) is 4.79 Å². The van der Waals surface area contributed by atoms with Gasteiger partial charge in [0, 0.05) is 18.1 Å². The molecule has 2 aliphatic rings. The molecule has 1 amide bonds. The standard InChI is InChI=1S/C20H30ClN3O3S/c1-15-11-16(2)14-23(13-15)20(25)17(3)22-7-9-24(10-8-22)28(26,27)19-6-4-5-18(21)12-19/h4-6,12,15-17H,7-11,13-14H2,1-3H3/p+1/t15-,16+,17-/m1/s1. The van der Waals surface area contributed by atoms with E-state index in [-0.39, 0.29) is 16.8 Å². The minimum absolute atomic E-state index is 0.145. The number of hydrogen-bond acceptors (Lipinski definition) is 3. The first-order valence-electron chi connectivity index (χ1n) is 10.1. The first-order chi connectivity index (χ1) is 13.2. The number of amides is 1. The molecule has 156 valence electrons. The van der Waals surface area contributed by atoms with E-state index in [1.54, 1.807) is 18.2 Å². The van der Waals surface area contributed by atoms with Crippen LogP contribution in [0.2, 0.25) is 5.02 Å². The highest BCUT2D eigenvalue weighted by Crippen LogP contribution is 2.22. The minimum atomic E-state index is -3.55. The van der Waals surface area contributed by atoms with Crippen molar-refractivity contribution in [3.8, 4) is 0 Å². The zero-order valence-corrected chi connectivity index (χ0v) is 18.5. The molecule has 28 heavy (non-hydrogen) atoms. The second-order valence-electron chi connectivity index (χ2n) is 8.43. The summed E-state index contributed by atoms with van der Waals surface area (Å²) in [5.41, 5.74) is 0. The molecule has 0 aliphatic carbocycles. The summed E-state index contributed by atoms with van der Waals surface area (Å²) in [6.07, 6.45) is 1.17. The topological polar surface area (TPSA) is 62.1 Å². The van der Waals surface area contributed by atoms with Crippen molar-refractivity contribution in [2.24, 2.45) is 11.8 Å². The van der Waals surface area contributed by atoms with Crippen LogP contribution in [0, 0.1) is 11.8 Å². The predicted molar refractivity (Wildman–Crippen MR) is 110 cm³/mol. The molecule has 0 spiro atoms. The number of likely N-dealkylation sites (tertiary alicyclic amines) is 1. The van der Waals surface area contributed by atoms with E-state index < -0.39 is 10.0 Å². The third kappa shape index (κ3) is 4.70. The van der Waals surface area contributed by atoms with Crippen LogP contribution in [-0.2, 0) is 14.8 Å². The Morgan fingerprint density at radius 2 is 1.79 bits per heavy atom. The molecule has 1 aromatic rings. The molecule has 8 heteroatoms. The number of carbonyl (C=O) groups excluding carboxylic acids is 1. The largest absolute Gasteiger partial charge is 0.337 e. The molecule has 3 atom stereocenters. The Balaban J connectivity index is 1.61. The number of hydrogen-bond donors (Lipinski definition) is 1. The van der Waals surface area contributed by atoms with Crippen LogP contribution in [-0.4, -0.2) is 68.8 Å². The molecule has 1 aromatic carbocycles. The van der Waals surface area contributed by atoms with Crippen molar-refractivity contribution in [1.29, 1.82) is 0 Å². The molecule has 2 aliphatic heterocycles. The lowest BCUT2D eigenvalue weighted by Crippen LogP contribution is -3.19. The van der Waals surface area contributed by atoms with Gasteiger partial charge in [0.15, 0.2) is 6.04 Å². The van der Waals surface area contributed by atoms with Gasteiger partial charge in [-0.2, -0.15) is 4.31 Å². The van der Waals surface area contributed by atoms with Crippen LogP contribution >= 0.6 is 11.6 Å². The summed E-state index contributed by atoms with van der Waals surface area (Å²) >= 11 is 5.95. The van der Waals surface area contributed by atoms with Crippen molar-refractivity contribution in [2.75, 3.05) is 39.3 Å². The Morgan fingerprint density at radius 3 is 2.36 bits per heavy atom. The molecule has 6 nitrogen and oxygen atoms in total. The molecule has 2 saturated heterocycles. The number of piperidine rings is 1. The van der Waals surface area contributed by atoms with Gasteiger partial charge in [0.2, 0.25) is 10.0 Å². The highest BCUT2D eigenvalue weighted by atomic mass is 35.5. The summed E-state index contributed by atoms with van der Waals surface area (Å²) in [6, 6.07) is 6.23. The highest BCUT2D eigenvalue weighted by Gasteiger charge is 2.37. The first-order valence-corrected chi connectivity index (χ1v) is 11.9. The second kappa shape index (κ2) is 8.69. The van der Waals surface area contributed by atoms with E-state index in [9.17, 15) is 13.2 Å². The molecular weight excluding hydrogens is 398 g/mol. The second-order valence-corrected chi connectivity index (χ2v) is 10.8. The Hall–Kier alpha value is -1.15. The smallest absolute Gasteiger partial charge is 0.280 e. The monoisotopic (exact) mass is 428 g/mol. The van der Waals surface area contributed by atoms with E-state index in [0.29, 0.717) is 43.0 Å². The van der Waals surface area contributed by atoms with Gasteiger partial charge in [-0.15, -0.1) is 0 Å². The number of halogens is 1. The van der Waals surface area contributed by atoms with E-state index in [1.807, 2.05) is 11.8 Å². The fraction of sp³-hybridized carbons (Fsp3) is 0.650. The molecule has 0 aromatic heterocycles. The molecule has 3 rings (SSSR count). The molecule has 0 saturated carbocycles. The summed E-state index contributed by atoms with van der Waals surface area (Å²) in [4.78, 5) is 16.4. The Kier molecular flexibility index (Phi) is 6.69. The van der Waals surface area contributed by atoms with Crippen LogP contribution < -0.4 is 4.90 Å². The number of piperazine rings is 1. The lowest BCUT2D eigenvalue weighted by atomic mass is 9.91. The van der Waals surface area contributed by atoms with E-state index in [2.05, 4.69) is 13.8 Å². The molecule has 2 fully saturated rings. The van der Waals surface area contributed by atoms with Crippen LogP contribution in [0.25, 0.3) is 0 Å². The number of quaternary nitrogens is 1. The van der Waals surface area contributed by atoms with Gasteiger partial charge in [-0.1, -0.05) is 31.5 Å². The van der Waals surface area contributed by atoms with Gasteiger partial charge in [0.1, 0.15) is 0 Å². The predicted octanol–water partition coefficient (Wildman–Crippen LogP) is 1.12. The maximum atomic E-state index is 13.0. The maximum absolute atomic E-state index is 13.0. The summed E-state index contributed by atoms with van der Waals surface area (Å²) in [7, 11) is -3.55. The Bertz CT molecular complexity index is 799. The third-order valence-corrected chi connectivity index (χ3v) is 8.09. The summed E-state index contributed by atoms with van der Waals surface area (Å²) in [5, 5.41) is 0.412. The summed E-state index contributed by atoms with van der Waals surface area (Å²) in [6.45, 7) is 10.1. The van der Waals surface area contributed by atoms with Crippen LogP contribution in [0.4, 0.5) is 0 Å². The number of sulfonamides is 1. The minimum Gasteiger partial charge on any atom is -0.337 e. The van der Waals surface area contributed by atoms with Crippen LogP contribution in [0.15, 0.2) is 29.2 Å². The van der Waals surface area contributed by atoms with Crippen LogP contribution in [0.5, 0.6) is 0 Å². The van der Waals surface area contributed by atoms with Gasteiger partial charge in [-0.05, 0) is 43.4 Å². The fourth-order valence-corrected chi connectivity index (χ4v) is 6.26. The quantitative estimate of drug-likeness (QED) is 0.781. The number of carbonyl (C=O) groups is 1. The van der Waals surface area contributed by atoms with E-state index in [1.165, 1.54) is 16.8 Å². The molecule has 2 heterocycles. The average molecular weight is 429 g/mol. The highest BCUT2D eigenvalue weighted by molar-refractivity contribution is 7.89. The van der Waals surface area contributed by atoms with Gasteiger partial charge < -0.3 is 9.80 Å². The van der Waals surface area contributed by atoms with E-state index in [4.69, 9.17) is 11.6 Å². The van der Waals surface area contributed by atoms with Gasteiger partial charge in [0.05, 0.1) is 31.1 Å². The lowest BCUT2D eigenvalue weighted by Gasteiger charge is -2.39. The zero-order valence-electron chi connectivity index (χ0n) is 16.9. The van der Waals surface area contributed by atoms with Gasteiger partial charge >= 0.3 is 0 Å². The number of nitrogens with zero attached hydrogens (tertiary/aromatic N) is 2. The van der Waals surface area contributed by atoms with E-state index >= 15 is 0 Å². The number of benzene rings is 1. The molecular formula is C20H31ClN3O3S+. The lowest BCUT2D eigenvalue weighted by molar-refractivity contribution is -0.918. The SMILES string of the molecule is C[C@@H]1C[C@H](C)CN(C(=O)[C@@H](C)[NH+]2CCN(S(=O)(=O)c3cccc(Cl)c3)CC2)C1. The van der Waals surface area contributed by atoms with Crippen molar-refractivity contribution in [1.82, 2.24) is 9.21 Å². The molecule has 0 unspecified atom stereocenters. The maximum Gasteiger partial charge on any atom is 0.280 e. The van der Waals surface area contributed by atoms with Gasteiger partial charge in [0.25, 0.3) is 5.91 Å². The zero-order chi connectivity index (χ0) is 20.5. The first kappa shape index (κ1) is 21.6. The fourth-order valence-electron chi connectivity index (χ4n) is 4.51. The molecule has 0 bridgehead atoms. The number of rotatable bonds is 4. The van der Waals surface area contributed by atoms with Crippen molar-refractivity contribution in [3.63, 3.8) is 0 Å². The van der Waals surface area contributed by atoms with Crippen molar-refractivity contribution >= 4 is 27.5 Å². The third-order valence-electron chi connectivity index (χ3n) is 5.96. The molecule has 0 radical (unpaired) electrons. The molecule has 1 N–H and O–H groups in total. The Morgan fingerprint density at radius 1 is 1.18 bits per heavy atom. The van der Waals surface area contributed by atoms with Crippen LogP contribution in [0.1, 0.15) is 27.2 Å². The van der Waals surface area contributed by atoms with Crippen molar-refractivity contribution < 1.29 is 18.1 Å². The van der Waals surface area contributed by atoms with Crippen molar-refractivity contribution in [2.45, 2.75) is 38.1 Å². The number of nitrogens with one attached hydrogen (secondary N) is 1. The average Bonchev–Trinajstić information content (AvgIpc) is 2.66. The Labute approximate surface area is 173 Å².